The van der Waals surface area contributed by atoms with Crippen LogP contribution in [0.15, 0.2) is 0 Å². The molecule has 0 aromatic heterocycles. The molecule has 1 aliphatic rings. The van der Waals surface area contributed by atoms with Crippen LogP contribution in [0.2, 0.25) is 18.6 Å². The Bertz CT molecular complexity index is 142. The van der Waals surface area contributed by atoms with Crippen LogP contribution < -0.4 is 0 Å². The second-order valence-corrected chi connectivity index (χ2v) is 9.13. The maximum atomic E-state index is 2.63. The fourth-order valence-corrected chi connectivity index (χ4v) is 6.21. The second-order valence-electron chi connectivity index (χ2n) is 4.57. The van der Waals surface area contributed by atoms with Gasteiger partial charge in [-0.05, 0) is 13.1 Å². The van der Waals surface area contributed by atoms with Crippen molar-refractivity contribution in [3.63, 3.8) is 0 Å². The second kappa shape index (κ2) is 7.11. The van der Waals surface area contributed by atoms with Crippen molar-refractivity contribution in [2.45, 2.75) is 51.7 Å². The summed E-state index contributed by atoms with van der Waals surface area (Å²) in [4.78, 5) is 2.51. The van der Waals surface area contributed by atoms with Crippen LogP contribution in [-0.4, -0.2) is 44.9 Å². The standard InChI is InChI=1S/C11H24NSi.Li.H/c1-4-12(5-2)11-13(3)9-7-6-8-10-13;;/h11H,4-10H2,1-3H3;;. The fourth-order valence-electron chi connectivity index (χ4n) is 2.34. The summed E-state index contributed by atoms with van der Waals surface area (Å²) in [6.45, 7) is 9.48. The summed E-state index contributed by atoms with van der Waals surface area (Å²) in [6.07, 6.45) is 7.09. The first-order valence-corrected chi connectivity index (χ1v) is 8.79. The molecule has 0 saturated carbocycles. The molecule has 0 atom stereocenters. The van der Waals surface area contributed by atoms with Gasteiger partial charge in [-0.3, -0.25) is 0 Å². The molecule has 1 aliphatic heterocycles. The van der Waals surface area contributed by atoms with E-state index >= 15 is 0 Å². The summed E-state index contributed by atoms with van der Waals surface area (Å²) >= 11 is 0. The molecule has 1 nitrogen and oxygen atoms in total. The Balaban J connectivity index is 0.00000169. The van der Waals surface area contributed by atoms with Crippen molar-refractivity contribution in [2.24, 2.45) is 0 Å². The van der Waals surface area contributed by atoms with E-state index < -0.39 is 8.07 Å². The van der Waals surface area contributed by atoms with E-state index in [9.17, 15) is 0 Å². The number of hydrogen-bond acceptors (Lipinski definition) is 1. The minimum atomic E-state index is -0.941. The van der Waals surface area contributed by atoms with E-state index in [1.807, 2.05) is 0 Å². The van der Waals surface area contributed by atoms with E-state index in [0.717, 1.165) is 0 Å². The predicted molar refractivity (Wildman–Crippen MR) is 69.5 cm³/mol. The Labute approximate surface area is 103 Å². The van der Waals surface area contributed by atoms with Gasteiger partial charge >= 0.3 is 18.9 Å². The van der Waals surface area contributed by atoms with Crippen LogP contribution in [0, 0.1) is 6.17 Å². The average Bonchev–Trinajstić information content (AvgIpc) is 2.15. The van der Waals surface area contributed by atoms with Crippen LogP contribution in [0.4, 0.5) is 0 Å². The van der Waals surface area contributed by atoms with Crippen LogP contribution in [0.25, 0.3) is 0 Å². The average molecular weight is 206 g/mol. The summed E-state index contributed by atoms with van der Waals surface area (Å²) < 4.78 is 0. The SMILES string of the molecule is CCN([CH][Si]1(C)CCCCC1)CC.[LiH]. The Morgan fingerprint density at radius 2 is 1.57 bits per heavy atom. The van der Waals surface area contributed by atoms with E-state index in [1.165, 1.54) is 44.4 Å². The number of hydrogen-bond donors (Lipinski definition) is 0. The number of rotatable bonds is 4. The molecule has 1 saturated heterocycles. The van der Waals surface area contributed by atoms with Crippen molar-refractivity contribution in [1.82, 2.24) is 4.90 Å². The van der Waals surface area contributed by atoms with E-state index in [-0.39, 0.29) is 18.9 Å². The number of nitrogens with zero attached hydrogens (tertiary/aromatic N) is 1. The Morgan fingerprint density at radius 3 is 2.00 bits per heavy atom. The van der Waals surface area contributed by atoms with Gasteiger partial charge in [-0.1, -0.05) is 51.7 Å². The molecule has 3 heteroatoms. The van der Waals surface area contributed by atoms with Crippen molar-refractivity contribution in [3.05, 3.63) is 6.17 Å². The third-order valence-corrected chi connectivity index (χ3v) is 7.28. The first-order valence-electron chi connectivity index (χ1n) is 5.80. The van der Waals surface area contributed by atoms with Gasteiger partial charge in [0, 0.05) is 6.17 Å². The van der Waals surface area contributed by atoms with Crippen LogP contribution in [0.5, 0.6) is 0 Å². The van der Waals surface area contributed by atoms with Crippen LogP contribution >= 0.6 is 0 Å². The maximum absolute atomic E-state index is 2.63. The van der Waals surface area contributed by atoms with Crippen molar-refractivity contribution >= 4 is 26.9 Å². The molecule has 1 heterocycles. The molecule has 1 fully saturated rings. The summed E-state index contributed by atoms with van der Waals surface area (Å²) in [5.74, 6) is 0. The molecule has 0 aromatic carbocycles. The molecule has 0 aliphatic carbocycles. The molecular formula is C11H25LiNSi. The van der Waals surface area contributed by atoms with Crippen LogP contribution in [0.1, 0.15) is 33.1 Å². The molecule has 0 bridgehead atoms. The molecule has 0 amide bonds. The van der Waals surface area contributed by atoms with E-state index in [4.69, 9.17) is 0 Å². The van der Waals surface area contributed by atoms with E-state index in [2.05, 4.69) is 31.5 Å². The topological polar surface area (TPSA) is 3.24 Å². The minimum absolute atomic E-state index is 0. The van der Waals surface area contributed by atoms with E-state index in [0.29, 0.717) is 0 Å². The van der Waals surface area contributed by atoms with Gasteiger partial charge in [0.15, 0.2) is 0 Å². The molecular weight excluding hydrogens is 181 g/mol. The van der Waals surface area contributed by atoms with E-state index in [1.54, 1.807) is 0 Å². The van der Waals surface area contributed by atoms with Gasteiger partial charge in [0.2, 0.25) is 0 Å². The van der Waals surface area contributed by atoms with Crippen molar-refractivity contribution in [1.29, 1.82) is 0 Å². The zero-order valence-electron chi connectivity index (χ0n) is 9.47. The zero-order chi connectivity index (χ0) is 9.73. The van der Waals surface area contributed by atoms with Gasteiger partial charge in [-0.25, -0.2) is 0 Å². The van der Waals surface area contributed by atoms with Crippen LogP contribution in [0.3, 0.4) is 0 Å². The molecule has 1 radical (unpaired) electrons. The van der Waals surface area contributed by atoms with Gasteiger partial charge in [0.25, 0.3) is 0 Å². The molecule has 0 spiro atoms. The summed E-state index contributed by atoms with van der Waals surface area (Å²) in [5.41, 5.74) is 0. The van der Waals surface area contributed by atoms with Crippen molar-refractivity contribution < 1.29 is 0 Å². The van der Waals surface area contributed by atoms with Gasteiger partial charge in [-0.2, -0.15) is 0 Å². The molecule has 0 aromatic rings. The van der Waals surface area contributed by atoms with Gasteiger partial charge in [0.05, 0.1) is 8.07 Å². The van der Waals surface area contributed by atoms with Crippen LogP contribution in [-0.2, 0) is 0 Å². The molecule has 79 valence electrons. The third kappa shape index (κ3) is 4.53. The zero-order valence-corrected chi connectivity index (χ0v) is 10.5. The molecule has 1 rings (SSSR count). The van der Waals surface area contributed by atoms with Gasteiger partial charge in [-0.15, -0.1) is 0 Å². The predicted octanol–water partition coefficient (Wildman–Crippen LogP) is 2.64. The van der Waals surface area contributed by atoms with Crippen molar-refractivity contribution in [2.75, 3.05) is 13.1 Å². The Morgan fingerprint density at radius 1 is 1.07 bits per heavy atom. The first-order chi connectivity index (χ1) is 6.20. The third-order valence-electron chi connectivity index (χ3n) is 3.30. The quantitative estimate of drug-likeness (QED) is 0.639. The fraction of sp³-hybridized carbons (Fsp3) is 0.909. The summed E-state index contributed by atoms with van der Waals surface area (Å²) in [6, 6.07) is 3.06. The first kappa shape index (κ1) is 14.8. The Hall–Kier alpha value is 0.774. The summed E-state index contributed by atoms with van der Waals surface area (Å²) in [5, 5.41) is 0. The van der Waals surface area contributed by atoms with Gasteiger partial charge < -0.3 is 4.90 Å². The van der Waals surface area contributed by atoms with Gasteiger partial charge in [0.1, 0.15) is 0 Å². The molecule has 0 unspecified atom stereocenters. The molecule has 14 heavy (non-hydrogen) atoms. The monoisotopic (exact) mass is 206 g/mol. The normalized spacial score (nSPS) is 20.6. The summed E-state index contributed by atoms with van der Waals surface area (Å²) in [7, 11) is -0.941. The molecule has 0 N–H and O–H groups in total. The Kier molecular flexibility index (Phi) is 7.51. The van der Waals surface area contributed by atoms with Crippen molar-refractivity contribution in [3.8, 4) is 0 Å².